The molecular weight excluding hydrogens is 370 g/mol. The molecule has 2 fully saturated rings. The number of amides is 4. The molecule has 0 aromatic heterocycles. The molecule has 29 heavy (non-hydrogen) atoms. The van der Waals surface area contributed by atoms with Crippen molar-refractivity contribution in [3.8, 4) is 0 Å². The van der Waals surface area contributed by atoms with Gasteiger partial charge in [-0.1, -0.05) is 13.3 Å². The summed E-state index contributed by atoms with van der Waals surface area (Å²) in [6.45, 7) is 5.09. The third-order valence-corrected chi connectivity index (χ3v) is 6.34. The maximum absolute atomic E-state index is 12.4. The van der Waals surface area contributed by atoms with Gasteiger partial charge in [-0.3, -0.25) is 24.1 Å². The Morgan fingerprint density at radius 1 is 1.00 bits per heavy atom. The highest BCUT2D eigenvalue weighted by Gasteiger charge is 2.31. The van der Waals surface area contributed by atoms with E-state index >= 15 is 0 Å². The third kappa shape index (κ3) is 5.90. The van der Waals surface area contributed by atoms with Crippen molar-refractivity contribution in [2.45, 2.75) is 58.3 Å². The lowest BCUT2D eigenvalue weighted by atomic mass is 9.81. The molecule has 7 nitrogen and oxygen atoms in total. The molecule has 0 aromatic carbocycles. The van der Waals surface area contributed by atoms with Gasteiger partial charge in [-0.25, -0.2) is 0 Å². The average molecular weight is 404 g/mol. The van der Waals surface area contributed by atoms with Crippen LogP contribution in [0, 0.1) is 17.8 Å². The summed E-state index contributed by atoms with van der Waals surface area (Å²) in [7, 11) is 0. The number of carbonyl (C=O) groups is 4. The van der Waals surface area contributed by atoms with Crippen LogP contribution in [0.1, 0.15) is 58.3 Å². The van der Waals surface area contributed by atoms with E-state index in [1.54, 1.807) is 0 Å². The number of likely N-dealkylation sites (tertiary alicyclic amines) is 1. The summed E-state index contributed by atoms with van der Waals surface area (Å²) >= 11 is 0. The highest BCUT2D eigenvalue weighted by atomic mass is 16.2. The number of hydrogen-bond acceptors (Lipinski definition) is 4. The minimum Gasteiger partial charge on any atom is -0.356 e. The van der Waals surface area contributed by atoms with E-state index < -0.39 is 0 Å². The molecule has 0 unspecified atom stereocenters. The molecule has 160 valence electrons. The van der Waals surface area contributed by atoms with Crippen LogP contribution in [-0.2, 0) is 19.2 Å². The first-order chi connectivity index (χ1) is 13.9. The number of carbonyl (C=O) groups excluding carboxylic acids is 4. The Balaban J connectivity index is 1.22. The van der Waals surface area contributed by atoms with Crippen LogP contribution in [0.15, 0.2) is 12.2 Å². The minimum absolute atomic E-state index is 0.0318. The van der Waals surface area contributed by atoms with Gasteiger partial charge >= 0.3 is 0 Å². The van der Waals surface area contributed by atoms with E-state index in [9.17, 15) is 19.2 Å². The molecule has 1 N–H and O–H groups in total. The molecule has 2 heterocycles. The minimum atomic E-state index is -0.226. The van der Waals surface area contributed by atoms with Crippen LogP contribution in [0.25, 0.3) is 0 Å². The van der Waals surface area contributed by atoms with Crippen LogP contribution in [0.3, 0.4) is 0 Å². The van der Waals surface area contributed by atoms with E-state index in [4.69, 9.17) is 0 Å². The number of nitrogens with zero attached hydrogens (tertiary/aromatic N) is 2. The van der Waals surface area contributed by atoms with Crippen LogP contribution < -0.4 is 5.32 Å². The second-order valence-electron chi connectivity index (χ2n) is 8.84. The number of nitrogens with one attached hydrogen (secondary N) is 1. The van der Waals surface area contributed by atoms with Crippen LogP contribution >= 0.6 is 0 Å². The number of rotatable bonds is 9. The number of hydrogen-bond donors (Lipinski definition) is 1. The second-order valence-corrected chi connectivity index (χ2v) is 8.84. The van der Waals surface area contributed by atoms with E-state index in [0.29, 0.717) is 31.3 Å². The van der Waals surface area contributed by atoms with E-state index in [-0.39, 0.29) is 29.5 Å². The normalized spacial score (nSPS) is 24.7. The zero-order valence-corrected chi connectivity index (χ0v) is 17.4. The SMILES string of the molecule is CC1CN(C(=O)CCCCCNC(=O)C2CCC(CN3C(=O)C=CC3=O)CC2)C1. The Bertz CT molecular complexity index is 643. The Morgan fingerprint density at radius 2 is 1.66 bits per heavy atom. The zero-order valence-electron chi connectivity index (χ0n) is 17.4. The van der Waals surface area contributed by atoms with Gasteiger partial charge in [0.05, 0.1) is 0 Å². The first kappa shape index (κ1) is 21.5. The largest absolute Gasteiger partial charge is 0.356 e. The first-order valence-electron chi connectivity index (χ1n) is 11.0. The van der Waals surface area contributed by atoms with Crippen LogP contribution in [0.2, 0.25) is 0 Å². The lowest BCUT2D eigenvalue weighted by molar-refractivity contribution is -0.138. The fourth-order valence-electron chi connectivity index (χ4n) is 4.47. The summed E-state index contributed by atoms with van der Waals surface area (Å²) in [4.78, 5) is 50.8. The van der Waals surface area contributed by atoms with Gasteiger partial charge in [0.2, 0.25) is 11.8 Å². The third-order valence-electron chi connectivity index (χ3n) is 6.34. The fourth-order valence-corrected chi connectivity index (χ4v) is 4.47. The maximum Gasteiger partial charge on any atom is 0.253 e. The molecule has 2 aliphatic heterocycles. The molecule has 1 saturated heterocycles. The summed E-state index contributed by atoms with van der Waals surface area (Å²) in [5.41, 5.74) is 0. The van der Waals surface area contributed by atoms with Crippen molar-refractivity contribution in [2.24, 2.45) is 17.8 Å². The smallest absolute Gasteiger partial charge is 0.253 e. The van der Waals surface area contributed by atoms with Gasteiger partial charge in [0.25, 0.3) is 11.8 Å². The molecule has 3 aliphatic rings. The monoisotopic (exact) mass is 403 g/mol. The lowest BCUT2D eigenvalue weighted by Gasteiger charge is -2.37. The first-order valence-corrected chi connectivity index (χ1v) is 11.0. The van der Waals surface area contributed by atoms with E-state index in [1.165, 1.54) is 17.1 Å². The summed E-state index contributed by atoms with van der Waals surface area (Å²) < 4.78 is 0. The van der Waals surface area contributed by atoms with Crippen LogP contribution in [-0.4, -0.2) is 59.6 Å². The highest BCUT2D eigenvalue weighted by molar-refractivity contribution is 6.12. The van der Waals surface area contributed by atoms with Crippen molar-refractivity contribution in [3.63, 3.8) is 0 Å². The predicted molar refractivity (Wildman–Crippen MR) is 109 cm³/mol. The Labute approximate surface area is 172 Å². The van der Waals surface area contributed by atoms with Crippen molar-refractivity contribution in [1.29, 1.82) is 0 Å². The fraction of sp³-hybridized carbons (Fsp3) is 0.727. The van der Waals surface area contributed by atoms with Crippen molar-refractivity contribution in [1.82, 2.24) is 15.1 Å². The summed E-state index contributed by atoms with van der Waals surface area (Å²) in [5.74, 6) is 0.891. The van der Waals surface area contributed by atoms with Crippen LogP contribution in [0.5, 0.6) is 0 Å². The molecular formula is C22H33N3O4. The summed E-state index contributed by atoms with van der Waals surface area (Å²) in [6.07, 6.45) is 9.34. The Kier molecular flexibility index (Phi) is 7.45. The molecule has 0 aromatic rings. The molecule has 0 spiro atoms. The molecule has 4 amide bonds. The summed E-state index contributed by atoms with van der Waals surface area (Å²) in [5, 5.41) is 3.03. The Morgan fingerprint density at radius 3 is 2.28 bits per heavy atom. The number of unbranched alkanes of at least 4 members (excludes halogenated alkanes) is 2. The van der Waals surface area contributed by atoms with Gasteiger partial charge < -0.3 is 10.2 Å². The maximum atomic E-state index is 12.4. The van der Waals surface area contributed by atoms with Gasteiger partial charge in [0, 0.05) is 50.7 Å². The zero-order chi connectivity index (χ0) is 20.8. The van der Waals surface area contributed by atoms with Crippen molar-refractivity contribution < 1.29 is 19.2 Å². The second kappa shape index (κ2) is 10.0. The molecule has 7 heteroatoms. The van der Waals surface area contributed by atoms with Gasteiger partial charge in [0.1, 0.15) is 0 Å². The van der Waals surface area contributed by atoms with Gasteiger partial charge in [-0.2, -0.15) is 0 Å². The molecule has 1 aliphatic carbocycles. The quantitative estimate of drug-likeness (QED) is 0.470. The summed E-state index contributed by atoms with van der Waals surface area (Å²) in [6, 6.07) is 0. The van der Waals surface area contributed by atoms with Gasteiger partial charge in [0.15, 0.2) is 0 Å². The average Bonchev–Trinajstić information content (AvgIpc) is 3.00. The Hall–Kier alpha value is -2.18. The number of imide groups is 1. The van der Waals surface area contributed by atoms with E-state index in [0.717, 1.165) is 58.0 Å². The van der Waals surface area contributed by atoms with Crippen LogP contribution in [0.4, 0.5) is 0 Å². The van der Waals surface area contributed by atoms with Crippen molar-refractivity contribution in [3.05, 3.63) is 12.2 Å². The standard InChI is InChI=1S/C22H33N3O4/c1-16-13-24(14-16)19(26)5-3-2-4-12-23-22(29)18-8-6-17(7-9-18)15-25-20(27)10-11-21(25)28/h10-11,16-18H,2-9,12-15H2,1H3,(H,23,29). The van der Waals surface area contributed by atoms with Gasteiger partial charge in [-0.05, 0) is 50.4 Å². The predicted octanol–water partition coefficient (Wildman–Crippen LogP) is 1.87. The van der Waals surface area contributed by atoms with Crippen molar-refractivity contribution in [2.75, 3.05) is 26.2 Å². The lowest BCUT2D eigenvalue weighted by Crippen LogP contribution is -2.48. The van der Waals surface area contributed by atoms with E-state index in [1.807, 2.05) is 4.90 Å². The molecule has 0 bridgehead atoms. The molecule has 0 radical (unpaired) electrons. The topological polar surface area (TPSA) is 86.8 Å². The molecule has 3 rings (SSSR count). The van der Waals surface area contributed by atoms with Crippen molar-refractivity contribution >= 4 is 23.6 Å². The highest BCUT2D eigenvalue weighted by Crippen LogP contribution is 2.30. The molecule has 1 saturated carbocycles. The van der Waals surface area contributed by atoms with Gasteiger partial charge in [-0.15, -0.1) is 0 Å². The molecule has 0 atom stereocenters. The van der Waals surface area contributed by atoms with E-state index in [2.05, 4.69) is 12.2 Å².